The van der Waals surface area contributed by atoms with Crippen LogP contribution in [-0.4, -0.2) is 9.97 Å². The fourth-order valence-corrected chi connectivity index (χ4v) is 1.56. The first-order valence-electron chi connectivity index (χ1n) is 3.15. The summed E-state index contributed by atoms with van der Waals surface area (Å²) in [6, 6.07) is 1.84. The predicted octanol–water partition coefficient (Wildman–Crippen LogP) is 2.63. The van der Waals surface area contributed by atoms with E-state index in [1.54, 1.807) is 11.7 Å². The van der Waals surface area contributed by atoms with E-state index in [4.69, 9.17) is 5.53 Å². The summed E-state index contributed by atoms with van der Waals surface area (Å²) in [6.07, 6.45) is 1.60. The van der Waals surface area contributed by atoms with E-state index >= 15 is 0 Å². The van der Waals surface area contributed by atoms with Gasteiger partial charge in [0, 0.05) is 11.1 Å². The first-order chi connectivity index (χ1) is 5.92. The van der Waals surface area contributed by atoms with Crippen LogP contribution in [0.4, 0.5) is 5.82 Å². The number of aromatic nitrogens is 2. The lowest BCUT2D eigenvalue weighted by atomic mass is 10.4. The quantitative estimate of drug-likeness (QED) is 0.381. The van der Waals surface area contributed by atoms with Gasteiger partial charge in [-0.3, -0.25) is 4.98 Å². The van der Waals surface area contributed by atoms with Gasteiger partial charge in [0.05, 0.1) is 10.2 Å². The Bertz CT molecular complexity index is 456. The molecule has 58 valence electrons. The van der Waals surface area contributed by atoms with Gasteiger partial charge in [-0.1, -0.05) is 0 Å². The summed E-state index contributed by atoms with van der Waals surface area (Å²) in [4.78, 5) is 10.6. The van der Waals surface area contributed by atoms with Gasteiger partial charge in [-0.2, -0.15) is 0 Å². The molecule has 0 aromatic carbocycles. The van der Waals surface area contributed by atoms with E-state index in [-0.39, 0.29) is 0 Å². The molecule has 2 rings (SSSR count). The van der Waals surface area contributed by atoms with Crippen LogP contribution in [0.3, 0.4) is 0 Å². The third-order valence-electron chi connectivity index (χ3n) is 1.37. The molecule has 2 aromatic rings. The molecule has 0 aliphatic carbocycles. The number of rotatable bonds is 1. The molecule has 0 fully saturated rings. The van der Waals surface area contributed by atoms with Crippen molar-refractivity contribution >= 4 is 27.4 Å². The Morgan fingerprint density at radius 2 is 2.42 bits per heavy atom. The summed E-state index contributed by atoms with van der Waals surface area (Å²) in [6.45, 7) is 0. The summed E-state index contributed by atoms with van der Waals surface area (Å²) in [5.41, 5.74) is 10.6. The molecule has 0 saturated carbocycles. The number of azide groups is 1. The summed E-state index contributed by atoms with van der Waals surface area (Å²) in [5, 5.41) is 3.42. The highest BCUT2D eigenvalue weighted by atomic mass is 32.1. The summed E-state index contributed by atoms with van der Waals surface area (Å²) in [5.74, 6) is 0.344. The van der Waals surface area contributed by atoms with Gasteiger partial charge in [0.1, 0.15) is 5.52 Å². The van der Waals surface area contributed by atoms with Crippen LogP contribution in [0.5, 0.6) is 0 Å². The van der Waals surface area contributed by atoms with Crippen LogP contribution in [0.2, 0.25) is 0 Å². The van der Waals surface area contributed by atoms with Gasteiger partial charge in [0.15, 0.2) is 5.82 Å². The topological polar surface area (TPSA) is 74.5 Å². The second kappa shape index (κ2) is 2.77. The van der Waals surface area contributed by atoms with E-state index in [1.807, 2.05) is 6.07 Å². The first kappa shape index (κ1) is 7.02. The molecule has 0 saturated heterocycles. The smallest absolute Gasteiger partial charge is 0.153 e. The van der Waals surface area contributed by atoms with Crippen molar-refractivity contribution in [2.45, 2.75) is 0 Å². The van der Waals surface area contributed by atoms with Crippen LogP contribution < -0.4 is 0 Å². The second-order valence-electron chi connectivity index (χ2n) is 2.02. The third kappa shape index (κ3) is 0.990. The SMILES string of the molecule is [N-]=[N+]=Nc1nccc2scnc12. The lowest BCUT2D eigenvalue weighted by Gasteiger charge is -1.89. The number of pyridine rings is 1. The number of fused-ring (bicyclic) bond motifs is 1. The number of hydrogen-bond acceptors (Lipinski definition) is 4. The zero-order valence-corrected chi connectivity index (χ0v) is 6.69. The van der Waals surface area contributed by atoms with Crippen LogP contribution in [0.15, 0.2) is 22.9 Å². The monoisotopic (exact) mass is 177 g/mol. The molecule has 2 aromatic heterocycles. The van der Waals surface area contributed by atoms with Gasteiger partial charge in [0.2, 0.25) is 0 Å². The van der Waals surface area contributed by atoms with Crippen LogP contribution in [0.1, 0.15) is 0 Å². The minimum absolute atomic E-state index is 0.344. The van der Waals surface area contributed by atoms with Crippen LogP contribution in [0.25, 0.3) is 20.7 Å². The van der Waals surface area contributed by atoms with Crippen LogP contribution in [-0.2, 0) is 0 Å². The molecule has 6 heteroatoms. The molecular formula is C6H3N5S. The lowest BCUT2D eigenvalue weighted by molar-refractivity contribution is 1.27. The molecule has 5 nitrogen and oxygen atoms in total. The Morgan fingerprint density at radius 1 is 1.50 bits per heavy atom. The minimum Gasteiger partial charge on any atom is -0.252 e. The fourth-order valence-electron chi connectivity index (χ4n) is 0.894. The molecule has 0 radical (unpaired) electrons. The normalized spacial score (nSPS) is 9.67. The first-order valence-corrected chi connectivity index (χ1v) is 4.03. The van der Waals surface area contributed by atoms with Crippen LogP contribution in [0, 0.1) is 0 Å². The highest BCUT2D eigenvalue weighted by Gasteiger charge is 2.01. The average molecular weight is 177 g/mol. The van der Waals surface area contributed by atoms with Crippen molar-refractivity contribution in [2.24, 2.45) is 5.11 Å². The van der Waals surface area contributed by atoms with E-state index in [0.29, 0.717) is 11.3 Å². The molecule has 0 bridgehead atoms. The lowest BCUT2D eigenvalue weighted by Crippen LogP contribution is -1.73. The maximum atomic E-state index is 8.21. The minimum atomic E-state index is 0.344. The van der Waals surface area contributed by atoms with E-state index in [2.05, 4.69) is 20.0 Å². The molecule has 12 heavy (non-hydrogen) atoms. The van der Waals surface area contributed by atoms with Crippen molar-refractivity contribution in [3.8, 4) is 0 Å². The molecule has 0 atom stereocenters. The van der Waals surface area contributed by atoms with Crippen molar-refractivity contribution in [1.82, 2.24) is 9.97 Å². The van der Waals surface area contributed by atoms with E-state index < -0.39 is 0 Å². The molecule has 0 N–H and O–H groups in total. The van der Waals surface area contributed by atoms with Gasteiger partial charge in [0.25, 0.3) is 0 Å². The van der Waals surface area contributed by atoms with Crippen molar-refractivity contribution < 1.29 is 0 Å². The Kier molecular flexibility index (Phi) is 1.62. The Hall–Kier alpha value is -1.65. The maximum Gasteiger partial charge on any atom is 0.153 e. The zero-order chi connectivity index (χ0) is 8.39. The van der Waals surface area contributed by atoms with Crippen molar-refractivity contribution in [3.63, 3.8) is 0 Å². The zero-order valence-electron chi connectivity index (χ0n) is 5.88. The van der Waals surface area contributed by atoms with Gasteiger partial charge in [-0.25, -0.2) is 4.98 Å². The summed E-state index contributed by atoms with van der Waals surface area (Å²) in [7, 11) is 0. The molecule has 0 spiro atoms. The number of hydrogen-bond donors (Lipinski definition) is 0. The summed E-state index contributed by atoms with van der Waals surface area (Å²) >= 11 is 1.49. The largest absolute Gasteiger partial charge is 0.252 e. The van der Waals surface area contributed by atoms with Gasteiger partial charge >= 0.3 is 0 Å². The van der Waals surface area contributed by atoms with Gasteiger partial charge < -0.3 is 0 Å². The van der Waals surface area contributed by atoms with E-state index in [9.17, 15) is 0 Å². The second-order valence-corrected chi connectivity index (χ2v) is 2.91. The third-order valence-corrected chi connectivity index (χ3v) is 2.16. The molecule has 0 aliphatic rings. The average Bonchev–Trinajstić information content (AvgIpc) is 2.53. The van der Waals surface area contributed by atoms with Crippen LogP contribution >= 0.6 is 11.3 Å². The van der Waals surface area contributed by atoms with E-state index in [0.717, 1.165) is 4.70 Å². The molecule has 0 aliphatic heterocycles. The highest BCUT2D eigenvalue weighted by Crippen LogP contribution is 2.24. The maximum absolute atomic E-state index is 8.21. The summed E-state index contributed by atoms with van der Waals surface area (Å²) < 4.78 is 0.979. The standard InChI is InChI=1S/C6H3N5S/c7-11-10-6-5-4(1-2-8-6)12-3-9-5/h1-3H. The Labute approximate surface area is 71.3 Å². The fraction of sp³-hybridized carbons (Fsp3) is 0. The van der Waals surface area contributed by atoms with Crippen molar-refractivity contribution in [1.29, 1.82) is 0 Å². The molecule has 2 heterocycles. The number of thiazole rings is 1. The van der Waals surface area contributed by atoms with Gasteiger partial charge in [-0.05, 0) is 16.7 Å². The van der Waals surface area contributed by atoms with Crippen molar-refractivity contribution in [3.05, 3.63) is 28.2 Å². The molecule has 0 unspecified atom stereocenters. The van der Waals surface area contributed by atoms with E-state index in [1.165, 1.54) is 11.3 Å². The Balaban J connectivity index is 2.81. The molecule has 0 amide bonds. The highest BCUT2D eigenvalue weighted by molar-refractivity contribution is 7.16. The predicted molar refractivity (Wildman–Crippen MR) is 46.2 cm³/mol. The number of nitrogens with zero attached hydrogens (tertiary/aromatic N) is 5. The van der Waals surface area contributed by atoms with Gasteiger partial charge in [-0.15, -0.1) is 11.3 Å². The van der Waals surface area contributed by atoms with Crippen molar-refractivity contribution in [2.75, 3.05) is 0 Å². The Morgan fingerprint density at radius 3 is 3.25 bits per heavy atom. The molecular weight excluding hydrogens is 174 g/mol.